The lowest BCUT2D eigenvalue weighted by atomic mass is 10.2. The molecular formula is C28H28ClN3O3. The monoisotopic (exact) mass is 489 g/mol. The Bertz CT molecular complexity index is 1190. The number of carbonyl (C=O) groups is 2. The molecule has 1 aliphatic heterocycles. The molecule has 2 amide bonds. The molecule has 0 atom stereocenters. The molecule has 1 saturated heterocycles. The van der Waals surface area contributed by atoms with Crippen LogP contribution in [0.3, 0.4) is 0 Å². The molecule has 180 valence electrons. The number of aryl methyl sites for hydroxylation is 1. The summed E-state index contributed by atoms with van der Waals surface area (Å²) in [5, 5.41) is 3.45. The van der Waals surface area contributed by atoms with Crippen LogP contribution >= 0.6 is 11.6 Å². The lowest BCUT2D eigenvalue weighted by Crippen LogP contribution is -2.48. The van der Waals surface area contributed by atoms with Crippen molar-refractivity contribution in [3.8, 4) is 5.75 Å². The Balaban J connectivity index is 1.34. The number of benzene rings is 3. The maximum atomic E-state index is 12.6. The van der Waals surface area contributed by atoms with Gasteiger partial charge >= 0.3 is 0 Å². The van der Waals surface area contributed by atoms with Crippen LogP contribution in [0, 0.1) is 6.92 Å². The maximum Gasteiger partial charge on any atom is 0.262 e. The molecule has 0 spiro atoms. The van der Waals surface area contributed by atoms with E-state index in [0.29, 0.717) is 42.6 Å². The highest BCUT2D eigenvalue weighted by molar-refractivity contribution is 6.31. The molecule has 6 nitrogen and oxygen atoms in total. The van der Waals surface area contributed by atoms with Crippen LogP contribution in [-0.4, -0.2) is 49.5 Å². The van der Waals surface area contributed by atoms with E-state index in [9.17, 15) is 9.59 Å². The number of rotatable bonds is 7. The molecule has 0 unspecified atom stereocenters. The van der Waals surface area contributed by atoms with Crippen molar-refractivity contribution in [2.24, 2.45) is 0 Å². The van der Waals surface area contributed by atoms with Crippen LogP contribution in [0.4, 0.5) is 11.4 Å². The fourth-order valence-corrected chi connectivity index (χ4v) is 4.03. The third-order valence-corrected chi connectivity index (χ3v) is 6.01. The Morgan fingerprint density at radius 1 is 0.971 bits per heavy atom. The predicted octanol–water partition coefficient (Wildman–Crippen LogP) is 5.03. The van der Waals surface area contributed by atoms with E-state index in [-0.39, 0.29) is 18.4 Å². The Kier molecular flexibility index (Phi) is 8.06. The zero-order valence-electron chi connectivity index (χ0n) is 19.6. The summed E-state index contributed by atoms with van der Waals surface area (Å²) in [7, 11) is 0. The van der Waals surface area contributed by atoms with Crippen molar-refractivity contribution < 1.29 is 14.3 Å². The average Bonchev–Trinajstić information content (AvgIpc) is 2.88. The van der Waals surface area contributed by atoms with Gasteiger partial charge in [-0.15, -0.1) is 0 Å². The minimum absolute atomic E-state index is 0.00797. The van der Waals surface area contributed by atoms with Gasteiger partial charge in [0.1, 0.15) is 5.75 Å². The summed E-state index contributed by atoms with van der Waals surface area (Å²) < 4.78 is 5.60. The molecule has 3 aromatic rings. The third kappa shape index (κ3) is 6.87. The summed E-state index contributed by atoms with van der Waals surface area (Å²) in [6.07, 6.45) is 3.45. The minimum Gasteiger partial charge on any atom is -0.484 e. The molecule has 0 aliphatic carbocycles. The first-order valence-electron chi connectivity index (χ1n) is 11.5. The van der Waals surface area contributed by atoms with Crippen molar-refractivity contribution >= 4 is 40.9 Å². The second kappa shape index (κ2) is 11.6. The van der Waals surface area contributed by atoms with E-state index in [2.05, 4.69) is 10.2 Å². The minimum atomic E-state index is -0.269. The lowest BCUT2D eigenvalue weighted by molar-refractivity contribution is -0.126. The quantitative estimate of drug-likeness (QED) is 0.473. The fourth-order valence-electron chi connectivity index (χ4n) is 3.86. The maximum absolute atomic E-state index is 12.6. The number of anilines is 2. The van der Waals surface area contributed by atoms with Crippen molar-refractivity contribution in [1.29, 1.82) is 0 Å². The van der Waals surface area contributed by atoms with Crippen LogP contribution in [0.5, 0.6) is 5.75 Å². The van der Waals surface area contributed by atoms with E-state index in [1.54, 1.807) is 18.2 Å². The molecular weight excluding hydrogens is 462 g/mol. The summed E-state index contributed by atoms with van der Waals surface area (Å²) >= 11 is 6.22. The highest BCUT2D eigenvalue weighted by Crippen LogP contribution is 2.30. The van der Waals surface area contributed by atoms with Gasteiger partial charge in [-0.2, -0.15) is 0 Å². The SMILES string of the molecule is Cc1ccc(OCC(=O)Nc2cc(Cl)ccc2N2CCN(C(=O)/C=C/c3ccccc3)CC2)cc1. The van der Waals surface area contributed by atoms with Gasteiger partial charge in [0.25, 0.3) is 5.91 Å². The number of hydrogen-bond donors (Lipinski definition) is 1. The van der Waals surface area contributed by atoms with Gasteiger partial charge < -0.3 is 19.9 Å². The van der Waals surface area contributed by atoms with Gasteiger partial charge in [-0.05, 0) is 48.9 Å². The van der Waals surface area contributed by atoms with Crippen LogP contribution in [0.2, 0.25) is 5.02 Å². The van der Waals surface area contributed by atoms with E-state index >= 15 is 0 Å². The standard InChI is InChI=1S/C28H28ClN3O3/c1-21-7-11-24(12-8-21)35-20-27(33)30-25-19-23(29)10-13-26(25)31-15-17-32(18-16-31)28(34)14-9-22-5-3-2-4-6-22/h2-14,19H,15-18,20H2,1H3,(H,30,33)/b14-9+. The van der Waals surface area contributed by atoms with E-state index in [1.807, 2.05) is 78.6 Å². The highest BCUT2D eigenvalue weighted by Gasteiger charge is 2.22. The van der Waals surface area contributed by atoms with Crippen molar-refractivity contribution in [1.82, 2.24) is 4.90 Å². The van der Waals surface area contributed by atoms with Gasteiger partial charge in [-0.25, -0.2) is 0 Å². The molecule has 0 radical (unpaired) electrons. The summed E-state index contributed by atoms with van der Waals surface area (Å²) in [5.41, 5.74) is 3.61. The molecule has 0 aromatic heterocycles. The molecule has 1 aliphatic rings. The summed E-state index contributed by atoms with van der Waals surface area (Å²) in [6, 6.07) is 22.7. The van der Waals surface area contributed by atoms with Gasteiger partial charge in [0.2, 0.25) is 5.91 Å². The lowest BCUT2D eigenvalue weighted by Gasteiger charge is -2.36. The Morgan fingerprint density at radius 2 is 1.69 bits per heavy atom. The first-order chi connectivity index (χ1) is 17.0. The first kappa shape index (κ1) is 24.4. The van der Waals surface area contributed by atoms with Crippen LogP contribution in [0.25, 0.3) is 6.08 Å². The van der Waals surface area contributed by atoms with E-state index in [4.69, 9.17) is 16.3 Å². The second-order valence-corrected chi connectivity index (χ2v) is 8.80. The molecule has 3 aromatic carbocycles. The highest BCUT2D eigenvalue weighted by atomic mass is 35.5. The van der Waals surface area contributed by atoms with E-state index in [0.717, 1.165) is 16.8 Å². The number of piperazine rings is 1. The van der Waals surface area contributed by atoms with Crippen molar-refractivity contribution in [3.05, 3.63) is 95.0 Å². The fraction of sp³-hybridized carbons (Fsp3) is 0.214. The van der Waals surface area contributed by atoms with Crippen molar-refractivity contribution in [2.75, 3.05) is 43.0 Å². The third-order valence-electron chi connectivity index (χ3n) is 5.77. The number of halogens is 1. The van der Waals surface area contributed by atoms with E-state index < -0.39 is 0 Å². The average molecular weight is 490 g/mol. The molecule has 0 saturated carbocycles. The number of amides is 2. The van der Waals surface area contributed by atoms with Crippen molar-refractivity contribution in [2.45, 2.75) is 6.92 Å². The summed E-state index contributed by atoms with van der Waals surface area (Å²) in [6.45, 7) is 4.36. The summed E-state index contributed by atoms with van der Waals surface area (Å²) in [4.78, 5) is 29.2. The number of nitrogens with zero attached hydrogens (tertiary/aromatic N) is 2. The van der Waals surface area contributed by atoms with Gasteiger partial charge in [0.15, 0.2) is 6.61 Å². The second-order valence-electron chi connectivity index (χ2n) is 8.37. The van der Waals surface area contributed by atoms with Crippen LogP contribution < -0.4 is 15.0 Å². The molecule has 4 rings (SSSR count). The molecule has 1 N–H and O–H groups in total. The van der Waals surface area contributed by atoms with Gasteiger partial charge in [0, 0.05) is 37.3 Å². The zero-order valence-corrected chi connectivity index (χ0v) is 20.4. The Labute approximate surface area is 210 Å². The molecule has 35 heavy (non-hydrogen) atoms. The van der Waals surface area contributed by atoms with E-state index in [1.165, 1.54) is 0 Å². The van der Waals surface area contributed by atoms with Crippen LogP contribution in [0.1, 0.15) is 11.1 Å². The Hall–Kier alpha value is -3.77. The van der Waals surface area contributed by atoms with Gasteiger partial charge in [0.05, 0.1) is 11.4 Å². The largest absolute Gasteiger partial charge is 0.484 e. The topological polar surface area (TPSA) is 61.9 Å². The molecule has 0 bridgehead atoms. The Morgan fingerprint density at radius 3 is 2.40 bits per heavy atom. The zero-order chi connectivity index (χ0) is 24.6. The smallest absolute Gasteiger partial charge is 0.262 e. The number of ether oxygens (including phenoxy) is 1. The predicted molar refractivity (Wildman–Crippen MR) is 141 cm³/mol. The van der Waals surface area contributed by atoms with Crippen LogP contribution in [0.15, 0.2) is 78.9 Å². The molecule has 1 fully saturated rings. The molecule has 1 heterocycles. The van der Waals surface area contributed by atoms with Crippen LogP contribution in [-0.2, 0) is 9.59 Å². The van der Waals surface area contributed by atoms with Gasteiger partial charge in [-0.3, -0.25) is 9.59 Å². The number of nitrogens with one attached hydrogen (secondary N) is 1. The molecule has 7 heteroatoms. The number of carbonyl (C=O) groups excluding carboxylic acids is 2. The summed E-state index contributed by atoms with van der Waals surface area (Å²) in [5.74, 6) is 0.361. The number of hydrogen-bond acceptors (Lipinski definition) is 4. The van der Waals surface area contributed by atoms with Crippen molar-refractivity contribution in [3.63, 3.8) is 0 Å². The van der Waals surface area contributed by atoms with Gasteiger partial charge in [-0.1, -0.05) is 59.6 Å². The first-order valence-corrected chi connectivity index (χ1v) is 11.9. The normalized spacial score (nSPS) is 13.7.